The van der Waals surface area contributed by atoms with E-state index in [1.165, 1.54) is 0 Å². The number of carbonyl (C=O) groups is 2. The van der Waals surface area contributed by atoms with Crippen LogP contribution in [0.2, 0.25) is 0 Å². The number of hydrogen-bond acceptors (Lipinski definition) is 16. The minimum absolute atomic E-state index is 0.0976. The lowest BCUT2D eigenvalue weighted by atomic mass is 10.1. The molecule has 2 heterocycles. The van der Waals surface area contributed by atoms with Gasteiger partial charge in [-0.1, -0.05) is 23.7 Å². The highest BCUT2D eigenvalue weighted by Gasteiger charge is 2.16. The first-order valence-corrected chi connectivity index (χ1v) is 23.2. The molecule has 0 spiro atoms. The second-order valence-corrected chi connectivity index (χ2v) is 17.1. The number of esters is 2. The normalized spacial score (nSPS) is 11.8. The van der Waals surface area contributed by atoms with Crippen LogP contribution in [0.25, 0.3) is 33.2 Å². The van der Waals surface area contributed by atoms with Crippen LogP contribution in [-0.4, -0.2) is 137 Å². The Hall–Kier alpha value is -7.10. The number of aromatic nitrogens is 2. The Morgan fingerprint density at radius 1 is 0.472 bits per heavy atom. The molecule has 0 saturated carbocycles. The van der Waals surface area contributed by atoms with Crippen LogP contribution in [0, 0.1) is 23.7 Å². The van der Waals surface area contributed by atoms with Gasteiger partial charge >= 0.3 is 11.9 Å². The van der Waals surface area contributed by atoms with E-state index >= 15 is 0 Å². The van der Waals surface area contributed by atoms with Crippen LogP contribution in [0.5, 0.6) is 0 Å². The second kappa shape index (κ2) is 26.9. The molecule has 72 heavy (non-hydrogen) atoms. The number of H-pyrrole nitrogens is 2. The molecular formula is C54H60N6O12. The predicted octanol–water partition coefficient (Wildman–Crippen LogP) is 9.06. The lowest BCUT2D eigenvalue weighted by Gasteiger charge is -2.07. The maximum absolute atomic E-state index is 12.6. The Labute approximate surface area is 418 Å². The fourth-order valence-corrected chi connectivity index (χ4v) is 6.54. The van der Waals surface area contributed by atoms with Gasteiger partial charge in [0.2, 0.25) is 0 Å². The Morgan fingerprint density at radius 3 is 1.15 bits per heavy atom. The first kappa shape index (κ1) is 54.2. The monoisotopic (exact) mass is 984 g/mol. The van der Waals surface area contributed by atoms with Gasteiger partial charge in [-0.2, -0.15) is 20.5 Å². The maximum Gasteiger partial charge on any atom is 0.338 e. The van der Waals surface area contributed by atoms with E-state index in [0.717, 1.165) is 22.2 Å². The third kappa shape index (κ3) is 17.6. The molecule has 6 rings (SSSR count). The Balaban J connectivity index is 1.17. The summed E-state index contributed by atoms with van der Waals surface area (Å²) in [6, 6.07) is 24.3. The van der Waals surface area contributed by atoms with E-state index in [1.54, 1.807) is 103 Å². The number of fused-ring (bicyclic) bond motifs is 2. The molecule has 378 valence electrons. The first-order chi connectivity index (χ1) is 34.7. The van der Waals surface area contributed by atoms with Gasteiger partial charge < -0.3 is 58.1 Å². The molecule has 0 unspecified atom stereocenters. The smallest absolute Gasteiger partial charge is 0.338 e. The summed E-state index contributed by atoms with van der Waals surface area (Å²) in [6.07, 6.45) is 0. The number of methoxy groups -OCH3 is 2. The van der Waals surface area contributed by atoms with Crippen LogP contribution in [-0.2, 0) is 37.9 Å². The Morgan fingerprint density at radius 2 is 0.806 bits per heavy atom. The van der Waals surface area contributed by atoms with E-state index in [1.807, 2.05) is 24.3 Å². The third-order valence-corrected chi connectivity index (χ3v) is 10.0. The van der Waals surface area contributed by atoms with Gasteiger partial charge in [-0.3, -0.25) is 0 Å². The number of nitrogens with one attached hydrogen (secondary N) is 2. The number of aromatic amines is 2. The first-order valence-electron chi connectivity index (χ1n) is 23.2. The van der Waals surface area contributed by atoms with Gasteiger partial charge in [0.1, 0.15) is 24.4 Å². The van der Waals surface area contributed by atoms with E-state index in [9.17, 15) is 19.8 Å². The molecule has 0 aliphatic rings. The molecule has 0 amide bonds. The fourth-order valence-electron chi connectivity index (χ4n) is 6.54. The molecule has 0 radical (unpaired) electrons. The summed E-state index contributed by atoms with van der Waals surface area (Å²) in [5, 5.41) is 40.4. The van der Waals surface area contributed by atoms with Gasteiger partial charge in [0.15, 0.2) is 0 Å². The van der Waals surface area contributed by atoms with Gasteiger partial charge in [-0.25, -0.2) is 9.59 Å². The number of azo groups is 2. The summed E-state index contributed by atoms with van der Waals surface area (Å²) in [4.78, 5) is 32.2. The number of hydrogen-bond donors (Lipinski definition) is 4. The number of benzene rings is 4. The predicted molar refractivity (Wildman–Crippen MR) is 271 cm³/mol. The molecule has 0 fully saturated rings. The van der Waals surface area contributed by atoms with E-state index in [-0.39, 0.29) is 26.4 Å². The van der Waals surface area contributed by atoms with E-state index < -0.39 is 23.1 Å². The van der Waals surface area contributed by atoms with Crippen LogP contribution in [0.4, 0.5) is 22.7 Å². The van der Waals surface area contributed by atoms with Crippen LogP contribution >= 0.6 is 0 Å². The van der Waals surface area contributed by atoms with Crippen molar-refractivity contribution >= 4 is 56.5 Å². The van der Waals surface area contributed by atoms with Crippen molar-refractivity contribution in [2.45, 2.75) is 38.9 Å². The quantitative estimate of drug-likeness (QED) is 0.0182. The zero-order chi connectivity index (χ0) is 51.4. The average molecular weight is 985 g/mol. The van der Waals surface area contributed by atoms with E-state index in [2.05, 4.69) is 54.1 Å². The van der Waals surface area contributed by atoms with E-state index in [0.29, 0.717) is 109 Å². The molecule has 18 nitrogen and oxygen atoms in total. The summed E-state index contributed by atoms with van der Waals surface area (Å²) < 4.78 is 42.1. The highest BCUT2D eigenvalue weighted by Crippen LogP contribution is 2.34. The van der Waals surface area contributed by atoms with Crippen molar-refractivity contribution in [3.63, 3.8) is 0 Å². The average Bonchev–Trinajstić information content (AvgIpc) is 4.00. The Bertz CT molecular complexity index is 2730. The van der Waals surface area contributed by atoms with Gasteiger partial charge in [0.25, 0.3) is 0 Å². The molecule has 0 bridgehead atoms. The van der Waals surface area contributed by atoms with E-state index in [4.69, 9.17) is 37.9 Å². The SMILES string of the molecule is COCCOCCOCCOC(=O)c1ccc(N=Nc2cc(C#CC(C)(C)O)c3[nH]c(-c4cc5cc(N=Nc6ccc(C(=O)OCCOCCOCCOC)cc6)cc(C#CC(C)(C)O)c5[nH]4)cc3c2)cc1. The maximum atomic E-state index is 12.6. The molecular weight excluding hydrogens is 925 g/mol. The topological polar surface area (TPSA) is 229 Å². The number of ether oxygens (including phenoxy) is 8. The minimum atomic E-state index is -1.27. The molecule has 0 saturated heterocycles. The summed E-state index contributed by atoms with van der Waals surface area (Å²) in [5.41, 5.74) is 4.23. The van der Waals surface area contributed by atoms with Gasteiger partial charge in [0.05, 0.1) is 133 Å². The third-order valence-electron chi connectivity index (χ3n) is 10.0. The van der Waals surface area contributed by atoms with Gasteiger partial charge in [-0.05, 0) is 113 Å². The van der Waals surface area contributed by atoms with Crippen molar-refractivity contribution in [2.24, 2.45) is 20.5 Å². The molecule has 2 aromatic heterocycles. The molecule has 6 aromatic rings. The molecule has 4 aromatic carbocycles. The van der Waals surface area contributed by atoms with Crippen LogP contribution in [0.1, 0.15) is 59.5 Å². The fraction of sp³-hybridized carbons (Fsp3) is 0.370. The van der Waals surface area contributed by atoms with Gasteiger partial charge in [0, 0.05) is 25.0 Å². The molecule has 0 atom stereocenters. The number of carbonyl (C=O) groups excluding carboxylic acids is 2. The minimum Gasteiger partial charge on any atom is -0.460 e. The van der Waals surface area contributed by atoms with Crippen LogP contribution < -0.4 is 0 Å². The van der Waals surface area contributed by atoms with Crippen molar-refractivity contribution in [1.82, 2.24) is 9.97 Å². The number of nitrogens with zero attached hydrogens (tertiary/aromatic N) is 4. The van der Waals surface area contributed by atoms with Crippen LogP contribution in [0.15, 0.2) is 105 Å². The van der Waals surface area contributed by atoms with Crippen molar-refractivity contribution in [3.05, 3.63) is 107 Å². The largest absolute Gasteiger partial charge is 0.460 e. The summed E-state index contributed by atoms with van der Waals surface area (Å²) in [5.74, 6) is 11.0. The summed E-state index contributed by atoms with van der Waals surface area (Å²) >= 11 is 0. The highest BCUT2D eigenvalue weighted by atomic mass is 16.6. The van der Waals surface area contributed by atoms with Crippen molar-refractivity contribution < 1.29 is 57.7 Å². The second-order valence-electron chi connectivity index (χ2n) is 17.1. The summed E-state index contributed by atoms with van der Waals surface area (Å²) in [7, 11) is 3.21. The molecule has 4 N–H and O–H groups in total. The molecule has 0 aliphatic carbocycles. The summed E-state index contributed by atoms with van der Waals surface area (Å²) in [6.45, 7) is 10.7. The standard InChI is InChI=1S/C54H60N6O12/c1-53(2,63)17-15-39-31-45(59-57-43-11-7-37(8-12-43)51(61)71-29-27-69-25-23-67-21-19-65-5)33-41-35-47(55-49(39)41)48-36-42-34-46(32-40(50(42)56-48)16-18-54(3,4)64)60-58-44-13-9-38(10-14-44)52(62)72-30-28-70-26-24-68-22-20-66-6/h7-14,31-36,55-56,63-64H,19-30H2,1-6H3. The number of rotatable bonds is 25. The lowest BCUT2D eigenvalue weighted by molar-refractivity contribution is 0.00552. The molecule has 18 heteroatoms. The lowest BCUT2D eigenvalue weighted by Crippen LogP contribution is -2.14. The van der Waals surface area contributed by atoms with Crippen molar-refractivity contribution in [2.75, 3.05) is 93.5 Å². The highest BCUT2D eigenvalue weighted by molar-refractivity contribution is 5.96. The van der Waals surface area contributed by atoms with Crippen molar-refractivity contribution in [1.29, 1.82) is 0 Å². The molecule has 0 aliphatic heterocycles. The van der Waals surface area contributed by atoms with Gasteiger partial charge in [-0.15, -0.1) is 0 Å². The Kier molecular flexibility index (Phi) is 20.3. The zero-order valence-corrected chi connectivity index (χ0v) is 41.3. The van der Waals surface area contributed by atoms with Crippen LogP contribution in [0.3, 0.4) is 0 Å². The van der Waals surface area contributed by atoms with Crippen molar-refractivity contribution in [3.8, 4) is 35.1 Å². The zero-order valence-electron chi connectivity index (χ0n) is 41.3. The number of aliphatic hydroxyl groups is 2.